The molecule has 0 saturated carbocycles. The molecule has 106 valence electrons. The van der Waals surface area contributed by atoms with Gasteiger partial charge in [-0.25, -0.2) is 4.79 Å². The molecule has 0 saturated heterocycles. The average molecular weight is 293 g/mol. The number of fused-ring (bicyclic) bond motifs is 1. The van der Waals surface area contributed by atoms with E-state index in [1.54, 1.807) is 0 Å². The molecule has 0 radical (unpaired) electrons. The largest absolute Gasteiger partial charge is 0.480 e. The van der Waals surface area contributed by atoms with Crippen LogP contribution in [0.3, 0.4) is 0 Å². The van der Waals surface area contributed by atoms with Gasteiger partial charge in [0.2, 0.25) is 0 Å². The molecule has 3 N–H and O–H groups in total. The van der Waals surface area contributed by atoms with Crippen molar-refractivity contribution in [3.8, 4) is 0 Å². The van der Waals surface area contributed by atoms with Crippen molar-refractivity contribution in [2.45, 2.75) is 26.0 Å². The molecule has 1 heterocycles. The summed E-state index contributed by atoms with van der Waals surface area (Å²) in [6.45, 7) is 3.16. The number of amides is 1. The van der Waals surface area contributed by atoms with Gasteiger partial charge in [0.25, 0.3) is 5.91 Å². The lowest BCUT2D eigenvalue weighted by Gasteiger charge is -2.16. The molecule has 2 aromatic rings. The van der Waals surface area contributed by atoms with E-state index < -0.39 is 24.0 Å². The lowest BCUT2D eigenvalue weighted by atomic mass is 10.1. The summed E-state index contributed by atoms with van der Waals surface area (Å²) in [6.07, 6.45) is -1.16. The van der Waals surface area contributed by atoms with Crippen LogP contribution in [-0.2, 0) is 4.79 Å². The van der Waals surface area contributed by atoms with Crippen molar-refractivity contribution in [1.29, 1.82) is 0 Å². The van der Waals surface area contributed by atoms with Gasteiger partial charge in [0.15, 0.2) is 6.04 Å². The quantitative estimate of drug-likeness (QED) is 0.802. The SMILES string of the molecule is Cc1c(C(=O)NC(C(=O)O)C(C)O)sc2ccccc12. The number of aryl methyl sites for hydroxylation is 1. The van der Waals surface area contributed by atoms with E-state index in [1.807, 2.05) is 31.2 Å². The molecule has 2 rings (SSSR count). The number of hydrogen-bond donors (Lipinski definition) is 3. The van der Waals surface area contributed by atoms with E-state index in [0.29, 0.717) is 4.88 Å². The van der Waals surface area contributed by atoms with Crippen molar-refractivity contribution in [1.82, 2.24) is 5.32 Å². The Bertz CT molecular complexity index is 662. The summed E-state index contributed by atoms with van der Waals surface area (Å²) < 4.78 is 0.971. The molecule has 1 aromatic heterocycles. The number of carboxylic acids is 1. The standard InChI is InChI=1S/C14H15NO4S/c1-7-9-5-3-4-6-10(9)20-12(7)13(17)15-11(8(2)16)14(18)19/h3-6,8,11,16H,1-2H3,(H,15,17)(H,18,19). The number of nitrogens with one attached hydrogen (secondary N) is 1. The van der Waals surface area contributed by atoms with Gasteiger partial charge in [0.1, 0.15) is 0 Å². The third-order valence-corrected chi connectivity index (χ3v) is 4.36. The number of aliphatic carboxylic acids is 1. The molecule has 1 amide bonds. The number of aliphatic hydroxyl groups is 1. The Morgan fingerprint density at radius 2 is 1.95 bits per heavy atom. The molecule has 1 aromatic carbocycles. The Morgan fingerprint density at radius 1 is 1.30 bits per heavy atom. The molecular weight excluding hydrogens is 278 g/mol. The van der Waals surface area contributed by atoms with E-state index in [2.05, 4.69) is 5.32 Å². The molecule has 2 atom stereocenters. The highest BCUT2D eigenvalue weighted by Gasteiger charge is 2.27. The summed E-state index contributed by atoms with van der Waals surface area (Å²) in [5, 5.41) is 21.7. The van der Waals surface area contributed by atoms with Crippen LogP contribution in [0.15, 0.2) is 24.3 Å². The highest BCUT2D eigenvalue weighted by atomic mass is 32.1. The summed E-state index contributed by atoms with van der Waals surface area (Å²) in [5.41, 5.74) is 0.817. The summed E-state index contributed by atoms with van der Waals surface area (Å²) in [7, 11) is 0. The van der Waals surface area contributed by atoms with Crippen LogP contribution in [0.2, 0.25) is 0 Å². The third-order valence-electron chi connectivity index (χ3n) is 3.08. The predicted molar refractivity (Wildman–Crippen MR) is 77.1 cm³/mol. The van der Waals surface area contributed by atoms with E-state index in [-0.39, 0.29) is 0 Å². The van der Waals surface area contributed by atoms with Crippen LogP contribution in [0.5, 0.6) is 0 Å². The van der Waals surface area contributed by atoms with Gasteiger partial charge >= 0.3 is 5.97 Å². The Morgan fingerprint density at radius 3 is 2.50 bits per heavy atom. The number of carbonyl (C=O) groups excluding carboxylic acids is 1. The molecule has 0 spiro atoms. The maximum atomic E-state index is 12.2. The Hall–Kier alpha value is -1.92. The highest BCUT2D eigenvalue weighted by molar-refractivity contribution is 7.21. The molecule has 0 aliphatic rings. The van der Waals surface area contributed by atoms with Gasteiger partial charge in [-0.15, -0.1) is 11.3 Å². The van der Waals surface area contributed by atoms with E-state index in [0.717, 1.165) is 15.6 Å². The third kappa shape index (κ3) is 2.66. The number of rotatable bonds is 4. The zero-order valence-electron chi connectivity index (χ0n) is 11.1. The van der Waals surface area contributed by atoms with Crippen molar-refractivity contribution >= 4 is 33.3 Å². The van der Waals surface area contributed by atoms with Crippen molar-refractivity contribution < 1.29 is 19.8 Å². The highest BCUT2D eigenvalue weighted by Crippen LogP contribution is 2.30. The second-order valence-corrected chi connectivity index (χ2v) is 5.63. The number of carbonyl (C=O) groups is 2. The molecule has 5 nitrogen and oxygen atoms in total. The first-order valence-electron chi connectivity index (χ1n) is 6.11. The monoisotopic (exact) mass is 293 g/mol. The van der Waals surface area contributed by atoms with Gasteiger partial charge < -0.3 is 15.5 Å². The molecular formula is C14H15NO4S. The topological polar surface area (TPSA) is 86.6 Å². The molecule has 6 heteroatoms. The van der Waals surface area contributed by atoms with Crippen LogP contribution in [0.1, 0.15) is 22.2 Å². The molecule has 0 aliphatic carbocycles. The zero-order chi connectivity index (χ0) is 14.9. The van der Waals surface area contributed by atoms with Crippen molar-refractivity contribution in [3.05, 3.63) is 34.7 Å². The summed E-state index contributed by atoms with van der Waals surface area (Å²) in [4.78, 5) is 23.6. The maximum Gasteiger partial charge on any atom is 0.328 e. The van der Waals surface area contributed by atoms with Gasteiger partial charge in [-0.2, -0.15) is 0 Å². The normalized spacial score (nSPS) is 13.9. The first-order valence-corrected chi connectivity index (χ1v) is 6.93. The van der Waals surface area contributed by atoms with Crippen LogP contribution in [0.25, 0.3) is 10.1 Å². The number of aliphatic hydroxyl groups excluding tert-OH is 1. The molecule has 0 fully saturated rings. The average Bonchev–Trinajstić information content (AvgIpc) is 2.73. The smallest absolute Gasteiger partial charge is 0.328 e. The number of carboxylic acid groups (broad SMARTS) is 1. The molecule has 0 bridgehead atoms. The van der Waals surface area contributed by atoms with Gasteiger partial charge in [0, 0.05) is 4.70 Å². The first-order chi connectivity index (χ1) is 9.41. The van der Waals surface area contributed by atoms with Gasteiger partial charge in [-0.1, -0.05) is 18.2 Å². The summed E-state index contributed by atoms with van der Waals surface area (Å²) >= 11 is 1.31. The van der Waals surface area contributed by atoms with E-state index in [9.17, 15) is 14.7 Å². The van der Waals surface area contributed by atoms with E-state index >= 15 is 0 Å². The summed E-state index contributed by atoms with van der Waals surface area (Å²) in [6, 6.07) is 6.29. The lowest BCUT2D eigenvalue weighted by molar-refractivity contribution is -0.141. The number of benzene rings is 1. The van der Waals surface area contributed by atoms with Crippen LogP contribution < -0.4 is 5.32 Å². The second kappa shape index (κ2) is 5.60. The van der Waals surface area contributed by atoms with Crippen molar-refractivity contribution in [2.75, 3.05) is 0 Å². The minimum atomic E-state index is -1.31. The zero-order valence-corrected chi connectivity index (χ0v) is 11.9. The fourth-order valence-corrected chi connectivity index (χ4v) is 3.10. The Kier molecular flexibility index (Phi) is 4.06. The fourth-order valence-electron chi connectivity index (χ4n) is 1.99. The Labute approximate surface area is 119 Å². The van der Waals surface area contributed by atoms with E-state index in [4.69, 9.17) is 5.11 Å². The van der Waals surface area contributed by atoms with E-state index in [1.165, 1.54) is 18.3 Å². The van der Waals surface area contributed by atoms with Gasteiger partial charge in [0.05, 0.1) is 11.0 Å². The van der Waals surface area contributed by atoms with Crippen molar-refractivity contribution in [2.24, 2.45) is 0 Å². The number of thiophene rings is 1. The molecule has 0 aliphatic heterocycles. The van der Waals surface area contributed by atoms with Crippen LogP contribution >= 0.6 is 11.3 Å². The number of hydrogen-bond acceptors (Lipinski definition) is 4. The van der Waals surface area contributed by atoms with Crippen LogP contribution in [0, 0.1) is 6.92 Å². The maximum absolute atomic E-state index is 12.2. The molecule has 20 heavy (non-hydrogen) atoms. The molecule has 2 unspecified atom stereocenters. The van der Waals surface area contributed by atoms with Crippen LogP contribution in [0.4, 0.5) is 0 Å². The minimum Gasteiger partial charge on any atom is -0.480 e. The predicted octanol–water partition coefficient (Wildman–Crippen LogP) is 1.77. The minimum absolute atomic E-state index is 0.470. The van der Waals surface area contributed by atoms with Crippen molar-refractivity contribution in [3.63, 3.8) is 0 Å². The second-order valence-electron chi connectivity index (χ2n) is 4.58. The van der Waals surface area contributed by atoms with Gasteiger partial charge in [-0.05, 0) is 30.9 Å². The Balaban J connectivity index is 2.32. The fraction of sp³-hybridized carbons (Fsp3) is 0.286. The lowest BCUT2D eigenvalue weighted by Crippen LogP contribution is -2.47. The summed E-state index contributed by atoms with van der Waals surface area (Å²) in [5.74, 6) is -1.73. The van der Waals surface area contributed by atoms with Gasteiger partial charge in [-0.3, -0.25) is 4.79 Å². The first kappa shape index (κ1) is 14.5. The van der Waals surface area contributed by atoms with Crippen LogP contribution in [-0.4, -0.2) is 34.2 Å².